The van der Waals surface area contributed by atoms with E-state index in [1.165, 1.54) is 48.1 Å². The molecule has 1 amide bonds. The third kappa shape index (κ3) is 4.87. The van der Waals surface area contributed by atoms with E-state index in [0.29, 0.717) is 11.7 Å². The number of amides is 1. The van der Waals surface area contributed by atoms with Crippen molar-refractivity contribution >= 4 is 17.2 Å². The Morgan fingerprint density at radius 3 is 2.76 bits per heavy atom. The molecule has 0 aliphatic heterocycles. The minimum Gasteiger partial charge on any atom is -0.345 e. The smallest absolute Gasteiger partial charge is 0.270 e. The van der Waals surface area contributed by atoms with Crippen LogP contribution < -0.4 is 16.2 Å². The summed E-state index contributed by atoms with van der Waals surface area (Å²) in [5.41, 5.74) is 3.01. The normalized spacial score (nSPS) is 15.6. The minimum absolute atomic E-state index is 0.0976. The topological polar surface area (TPSA) is 92.8 Å². The number of imidazole rings is 1. The van der Waals surface area contributed by atoms with E-state index in [9.17, 15) is 9.59 Å². The Hall–Kier alpha value is -3.52. The van der Waals surface area contributed by atoms with Crippen molar-refractivity contribution in [1.82, 2.24) is 29.4 Å². The van der Waals surface area contributed by atoms with Crippen molar-refractivity contribution < 1.29 is 4.79 Å². The minimum atomic E-state index is -0.401. The highest BCUT2D eigenvalue weighted by Gasteiger charge is 2.19. The number of rotatable bonds is 7. The molecule has 0 radical (unpaired) electrons. The molecule has 0 bridgehead atoms. The number of hydrogen-bond donors (Lipinski definition) is 2. The van der Waals surface area contributed by atoms with E-state index in [0.717, 1.165) is 23.8 Å². The standard InChI is InChI=1S/C26H30N6O2/c1-18(20-7-3-2-4-8-20)27-14-19-10-11-23-29-21(17-31(23)16-19)15-28-26(34)22-13-25(33)32-12-6-5-9-24(32)30-22/h5-6,9-13,16-18,20,27H,2-4,7-8,14-15H2,1H3,(H,28,34). The zero-order valence-electron chi connectivity index (χ0n) is 19.4. The van der Waals surface area contributed by atoms with Gasteiger partial charge in [0.15, 0.2) is 0 Å². The number of pyridine rings is 2. The lowest BCUT2D eigenvalue weighted by atomic mass is 9.84. The molecule has 1 saturated carbocycles. The summed E-state index contributed by atoms with van der Waals surface area (Å²) in [6.45, 7) is 3.37. The molecule has 0 spiro atoms. The van der Waals surface area contributed by atoms with Crippen molar-refractivity contribution in [2.45, 2.75) is 58.2 Å². The fourth-order valence-corrected chi connectivity index (χ4v) is 4.79. The molecule has 1 aliphatic rings. The summed E-state index contributed by atoms with van der Waals surface area (Å²) in [6.07, 6.45) is 12.4. The lowest BCUT2D eigenvalue weighted by Gasteiger charge is -2.28. The molecule has 8 nitrogen and oxygen atoms in total. The molecule has 0 saturated heterocycles. The number of carbonyl (C=O) groups is 1. The molecule has 1 atom stereocenters. The molecular weight excluding hydrogens is 428 g/mol. The third-order valence-corrected chi connectivity index (χ3v) is 6.78. The lowest BCUT2D eigenvalue weighted by Crippen LogP contribution is -2.34. The molecule has 4 aromatic rings. The molecule has 1 fully saturated rings. The van der Waals surface area contributed by atoms with Crippen molar-refractivity contribution in [2.75, 3.05) is 0 Å². The predicted molar refractivity (Wildman–Crippen MR) is 131 cm³/mol. The van der Waals surface area contributed by atoms with Crippen molar-refractivity contribution in [3.8, 4) is 0 Å². The van der Waals surface area contributed by atoms with Crippen LogP contribution in [0.25, 0.3) is 11.3 Å². The van der Waals surface area contributed by atoms with Crippen LogP contribution in [-0.2, 0) is 13.1 Å². The molecule has 8 heteroatoms. The number of aromatic nitrogens is 4. The van der Waals surface area contributed by atoms with Crippen LogP contribution in [-0.4, -0.2) is 30.7 Å². The van der Waals surface area contributed by atoms with Crippen molar-refractivity contribution in [2.24, 2.45) is 5.92 Å². The molecular formula is C26H30N6O2. The van der Waals surface area contributed by atoms with E-state index in [2.05, 4.69) is 39.8 Å². The Morgan fingerprint density at radius 1 is 1.06 bits per heavy atom. The Kier molecular flexibility index (Phi) is 6.40. The van der Waals surface area contributed by atoms with Crippen LogP contribution in [0.1, 0.15) is 60.8 Å². The number of carbonyl (C=O) groups excluding carboxylic acids is 1. The van der Waals surface area contributed by atoms with Gasteiger partial charge in [-0.3, -0.25) is 14.0 Å². The molecule has 34 heavy (non-hydrogen) atoms. The number of hydrogen-bond acceptors (Lipinski definition) is 5. The van der Waals surface area contributed by atoms with Crippen molar-refractivity contribution in [1.29, 1.82) is 0 Å². The summed E-state index contributed by atoms with van der Waals surface area (Å²) in [5.74, 6) is 0.372. The highest BCUT2D eigenvalue weighted by molar-refractivity contribution is 5.92. The number of nitrogens with one attached hydrogen (secondary N) is 2. The van der Waals surface area contributed by atoms with Crippen LogP contribution in [0.2, 0.25) is 0 Å². The Morgan fingerprint density at radius 2 is 1.91 bits per heavy atom. The van der Waals surface area contributed by atoms with Gasteiger partial charge < -0.3 is 15.0 Å². The van der Waals surface area contributed by atoms with Crippen LogP contribution in [0.4, 0.5) is 0 Å². The highest BCUT2D eigenvalue weighted by atomic mass is 16.2. The van der Waals surface area contributed by atoms with Crippen LogP contribution >= 0.6 is 0 Å². The number of nitrogens with zero attached hydrogens (tertiary/aromatic N) is 4. The van der Waals surface area contributed by atoms with Gasteiger partial charge in [0.25, 0.3) is 11.5 Å². The van der Waals surface area contributed by atoms with Gasteiger partial charge >= 0.3 is 0 Å². The van der Waals surface area contributed by atoms with E-state index < -0.39 is 5.91 Å². The predicted octanol–water partition coefficient (Wildman–Crippen LogP) is 3.33. The Labute approximate surface area is 198 Å². The molecule has 1 unspecified atom stereocenters. The first-order valence-corrected chi connectivity index (χ1v) is 12.0. The van der Waals surface area contributed by atoms with Gasteiger partial charge in [-0.05, 0) is 49.4 Å². The summed E-state index contributed by atoms with van der Waals surface area (Å²) >= 11 is 0. The second-order valence-corrected chi connectivity index (χ2v) is 9.19. The summed E-state index contributed by atoms with van der Waals surface area (Å²) in [7, 11) is 0. The average Bonchev–Trinajstić information content (AvgIpc) is 3.28. The Bertz CT molecular complexity index is 1370. The van der Waals surface area contributed by atoms with Crippen molar-refractivity contribution in [3.63, 3.8) is 0 Å². The van der Waals surface area contributed by atoms with E-state index >= 15 is 0 Å². The first-order chi connectivity index (χ1) is 16.6. The van der Waals surface area contributed by atoms with Gasteiger partial charge in [0.05, 0.1) is 12.2 Å². The SMILES string of the molecule is CC(NCc1ccc2nc(CNC(=O)c3cc(=O)n4ccccc4n3)cn2c1)C1CCCCC1. The molecule has 5 rings (SSSR count). The molecule has 4 heterocycles. The van der Waals surface area contributed by atoms with Gasteiger partial charge in [-0.25, -0.2) is 9.97 Å². The van der Waals surface area contributed by atoms with Gasteiger partial charge in [0, 0.05) is 37.2 Å². The van der Waals surface area contributed by atoms with Crippen LogP contribution in [0.5, 0.6) is 0 Å². The molecule has 2 N–H and O–H groups in total. The second kappa shape index (κ2) is 9.77. The summed E-state index contributed by atoms with van der Waals surface area (Å²) in [6, 6.07) is 11.1. The molecule has 0 aromatic carbocycles. The van der Waals surface area contributed by atoms with E-state index in [-0.39, 0.29) is 17.8 Å². The zero-order chi connectivity index (χ0) is 23.5. The number of fused-ring (bicyclic) bond motifs is 2. The highest BCUT2D eigenvalue weighted by Crippen LogP contribution is 2.26. The van der Waals surface area contributed by atoms with Crippen LogP contribution in [0.3, 0.4) is 0 Å². The van der Waals surface area contributed by atoms with E-state index in [4.69, 9.17) is 0 Å². The van der Waals surface area contributed by atoms with Gasteiger partial charge in [-0.2, -0.15) is 0 Å². The average molecular weight is 459 g/mol. The summed E-state index contributed by atoms with van der Waals surface area (Å²) in [5, 5.41) is 6.51. The summed E-state index contributed by atoms with van der Waals surface area (Å²) < 4.78 is 3.39. The van der Waals surface area contributed by atoms with Gasteiger partial charge in [-0.15, -0.1) is 0 Å². The largest absolute Gasteiger partial charge is 0.345 e. The molecule has 176 valence electrons. The zero-order valence-corrected chi connectivity index (χ0v) is 19.4. The quantitative estimate of drug-likeness (QED) is 0.443. The summed E-state index contributed by atoms with van der Waals surface area (Å²) in [4.78, 5) is 33.7. The first-order valence-electron chi connectivity index (χ1n) is 12.0. The third-order valence-electron chi connectivity index (χ3n) is 6.78. The van der Waals surface area contributed by atoms with Crippen LogP contribution in [0.15, 0.2) is 59.8 Å². The lowest BCUT2D eigenvalue weighted by molar-refractivity contribution is 0.0945. The fourth-order valence-electron chi connectivity index (χ4n) is 4.79. The molecule has 4 aromatic heterocycles. The maximum atomic E-state index is 12.6. The van der Waals surface area contributed by atoms with Gasteiger partial charge in [-0.1, -0.05) is 31.4 Å². The second-order valence-electron chi connectivity index (χ2n) is 9.19. The van der Waals surface area contributed by atoms with E-state index in [1.807, 2.05) is 16.7 Å². The Balaban J connectivity index is 1.21. The maximum absolute atomic E-state index is 12.6. The van der Waals surface area contributed by atoms with Gasteiger partial charge in [0.1, 0.15) is 17.0 Å². The monoisotopic (exact) mass is 458 g/mol. The van der Waals surface area contributed by atoms with E-state index in [1.54, 1.807) is 24.4 Å². The maximum Gasteiger partial charge on any atom is 0.270 e. The molecule has 1 aliphatic carbocycles. The first kappa shape index (κ1) is 22.3. The van der Waals surface area contributed by atoms with Crippen molar-refractivity contribution in [3.05, 3.63) is 82.3 Å². The fraction of sp³-hybridized carbons (Fsp3) is 0.385. The van der Waals surface area contributed by atoms with Crippen LogP contribution in [0, 0.1) is 5.92 Å². The van der Waals surface area contributed by atoms with Gasteiger partial charge in [0.2, 0.25) is 0 Å².